The zero-order valence-corrected chi connectivity index (χ0v) is 10.9. The molecule has 0 saturated heterocycles. The van der Waals surface area contributed by atoms with E-state index in [1.807, 2.05) is 13.8 Å². The van der Waals surface area contributed by atoms with Gasteiger partial charge in [-0.1, -0.05) is 13.8 Å². The topological polar surface area (TPSA) is 70.6 Å². The van der Waals surface area contributed by atoms with E-state index < -0.39 is 6.23 Å². The highest BCUT2D eigenvalue weighted by Crippen LogP contribution is 2.16. The second-order valence-corrected chi connectivity index (χ2v) is 4.50. The Labute approximate surface area is 107 Å². The molecule has 2 amide bonds. The van der Waals surface area contributed by atoms with Gasteiger partial charge in [-0.2, -0.15) is 0 Å². The average Bonchev–Trinajstić information content (AvgIpc) is 2.29. The van der Waals surface area contributed by atoms with Crippen molar-refractivity contribution in [3.05, 3.63) is 24.3 Å². The summed E-state index contributed by atoms with van der Waals surface area (Å²) in [6.45, 7) is 6.41. The molecule has 1 unspecified atom stereocenters. The number of amides is 2. The first-order chi connectivity index (χ1) is 8.47. The van der Waals surface area contributed by atoms with Gasteiger partial charge in [0.05, 0.1) is 0 Å². The van der Waals surface area contributed by atoms with Gasteiger partial charge in [0.1, 0.15) is 11.5 Å². The molecule has 0 saturated carbocycles. The molecule has 5 heteroatoms. The minimum Gasteiger partial charge on any atom is -0.508 e. The fraction of sp³-hybridized carbons (Fsp3) is 0.462. The molecule has 0 bridgehead atoms. The van der Waals surface area contributed by atoms with Gasteiger partial charge in [0.15, 0.2) is 6.23 Å². The Balaban J connectivity index is 2.34. The SMILES string of the molecule is CC(C)CNC(=O)NC(C)Oc1ccc(O)cc1. The van der Waals surface area contributed by atoms with Gasteiger partial charge in [0, 0.05) is 6.54 Å². The number of phenols is 1. The molecule has 0 aromatic heterocycles. The summed E-state index contributed by atoms with van der Waals surface area (Å²) in [6.07, 6.45) is -0.443. The second kappa shape index (κ2) is 6.74. The van der Waals surface area contributed by atoms with Crippen molar-refractivity contribution in [1.82, 2.24) is 10.6 Å². The molecule has 0 aliphatic heterocycles. The smallest absolute Gasteiger partial charge is 0.317 e. The molecular weight excluding hydrogens is 232 g/mol. The summed E-state index contributed by atoms with van der Waals surface area (Å²) in [5.74, 6) is 1.17. The Bertz CT molecular complexity index is 376. The van der Waals surface area contributed by atoms with Crippen molar-refractivity contribution in [3.63, 3.8) is 0 Å². The maximum absolute atomic E-state index is 11.5. The minimum absolute atomic E-state index is 0.178. The van der Waals surface area contributed by atoms with E-state index in [9.17, 15) is 4.79 Å². The van der Waals surface area contributed by atoms with E-state index in [1.54, 1.807) is 19.1 Å². The summed E-state index contributed by atoms with van der Waals surface area (Å²) in [5.41, 5.74) is 0. The molecule has 1 atom stereocenters. The predicted molar refractivity (Wildman–Crippen MR) is 69.6 cm³/mol. The summed E-state index contributed by atoms with van der Waals surface area (Å²) >= 11 is 0. The quantitative estimate of drug-likeness (QED) is 0.703. The first-order valence-electron chi connectivity index (χ1n) is 5.97. The number of hydrogen-bond acceptors (Lipinski definition) is 3. The minimum atomic E-state index is -0.443. The fourth-order valence-corrected chi connectivity index (χ4v) is 1.29. The highest BCUT2D eigenvalue weighted by atomic mass is 16.5. The van der Waals surface area contributed by atoms with Crippen molar-refractivity contribution in [3.8, 4) is 11.5 Å². The number of carbonyl (C=O) groups is 1. The van der Waals surface area contributed by atoms with E-state index in [0.29, 0.717) is 18.2 Å². The van der Waals surface area contributed by atoms with Gasteiger partial charge in [0.25, 0.3) is 0 Å². The van der Waals surface area contributed by atoms with Crippen molar-refractivity contribution >= 4 is 6.03 Å². The molecule has 3 N–H and O–H groups in total. The third-order valence-electron chi connectivity index (χ3n) is 2.15. The molecule has 1 aromatic carbocycles. The molecule has 0 heterocycles. The van der Waals surface area contributed by atoms with Gasteiger partial charge in [-0.05, 0) is 37.1 Å². The Morgan fingerprint density at radius 1 is 1.28 bits per heavy atom. The molecule has 1 rings (SSSR count). The number of aromatic hydroxyl groups is 1. The fourth-order valence-electron chi connectivity index (χ4n) is 1.29. The van der Waals surface area contributed by atoms with Gasteiger partial charge in [-0.3, -0.25) is 0 Å². The van der Waals surface area contributed by atoms with Crippen LogP contribution in [0.4, 0.5) is 4.79 Å². The molecule has 0 fully saturated rings. The highest BCUT2D eigenvalue weighted by Gasteiger charge is 2.08. The average molecular weight is 252 g/mol. The Morgan fingerprint density at radius 2 is 1.89 bits per heavy atom. The monoisotopic (exact) mass is 252 g/mol. The molecule has 0 spiro atoms. The van der Waals surface area contributed by atoms with Crippen LogP contribution < -0.4 is 15.4 Å². The summed E-state index contributed by atoms with van der Waals surface area (Å²) in [7, 11) is 0. The predicted octanol–water partition coefficient (Wildman–Crippen LogP) is 2.07. The summed E-state index contributed by atoms with van der Waals surface area (Å²) < 4.78 is 5.46. The van der Waals surface area contributed by atoms with Crippen molar-refractivity contribution in [2.45, 2.75) is 27.0 Å². The molecule has 5 nitrogen and oxygen atoms in total. The van der Waals surface area contributed by atoms with Crippen molar-refractivity contribution < 1.29 is 14.6 Å². The third-order valence-corrected chi connectivity index (χ3v) is 2.15. The normalized spacial score (nSPS) is 12.0. The van der Waals surface area contributed by atoms with Crippen LogP contribution in [0.2, 0.25) is 0 Å². The largest absolute Gasteiger partial charge is 0.508 e. The highest BCUT2D eigenvalue weighted by molar-refractivity contribution is 5.73. The van der Waals surface area contributed by atoms with E-state index in [-0.39, 0.29) is 11.8 Å². The van der Waals surface area contributed by atoms with Crippen LogP contribution in [0.5, 0.6) is 11.5 Å². The van der Waals surface area contributed by atoms with Crippen LogP contribution in [-0.2, 0) is 0 Å². The number of benzene rings is 1. The van der Waals surface area contributed by atoms with Crippen LogP contribution in [0.15, 0.2) is 24.3 Å². The van der Waals surface area contributed by atoms with Crippen molar-refractivity contribution in [1.29, 1.82) is 0 Å². The maximum atomic E-state index is 11.5. The van der Waals surface area contributed by atoms with Gasteiger partial charge < -0.3 is 20.5 Å². The number of carbonyl (C=O) groups excluding carboxylic acids is 1. The second-order valence-electron chi connectivity index (χ2n) is 4.50. The van der Waals surface area contributed by atoms with Crippen LogP contribution >= 0.6 is 0 Å². The number of ether oxygens (including phenoxy) is 1. The lowest BCUT2D eigenvalue weighted by Gasteiger charge is -2.17. The lowest BCUT2D eigenvalue weighted by Crippen LogP contribution is -2.44. The van der Waals surface area contributed by atoms with E-state index in [2.05, 4.69) is 10.6 Å². The van der Waals surface area contributed by atoms with Crippen LogP contribution in [0.25, 0.3) is 0 Å². The van der Waals surface area contributed by atoms with Gasteiger partial charge in [0.2, 0.25) is 0 Å². The number of urea groups is 1. The molecule has 0 radical (unpaired) electrons. The van der Waals surface area contributed by atoms with Gasteiger partial charge in [-0.15, -0.1) is 0 Å². The van der Waals surface area contributed by atoms with Gasteiger partial charge >= 0.3 is 6.03 Å². The molecular formula is C13H20N2O3. The van der Waals surface area contributed by atoms with Gasteiger partial charge in [-0.25, -0.2) is 4.79 Å². The van der Waals surface area contributed by atoms with Crippen molar-refractivity contribution in [2.24, 2.45) is 5.92 Å². The van der Waals surface area contributed by atoms with E-state index in [4.69, 9.17) is 9.84 Å². The van der Waals surface area contributed by atoms with E-state index in [1.165, 1.54) is 12.1 Å². The number of rotatable bonds is 5. The molecule has 0 aliphatic carbocycles. The first-order valence-corrected chi connectivity index (χ1v) is 5.97. The Morgan fingerprint density at radius 3 is 2.44 bits per heavy atom. The lowest BCUT2D eigenvalue weighted by molar-refractivity contribution is 0.176. The molecule has 1 aromatic rings. The maximum Gasteiger partial charge on any atom is 0.317 e. The number of nitrogens with one attached hydrogen (secondary N) is 2. The number of phenolic OH excluding ortho intramolecular Hbond substituents is 1. The number of hydrogen-bond donors (Lipinski definition) is 3. The van der Waals surface area contributed by atoms with Crippen LogP contribution in [0, 0.1) is 5.92 Å². The third kappa shape index (κ3) is 5.43. The Hall–Kier alpha value is -1.91. The zero-order chi connectivity index (χ0) is 13.5. The summed E-state index contributed by atoms with van der Waals surface area (Å²) in [4.78, 5) is 11.5. The van der Waals surface area contributed by atoms with Crippen LogP contribution in [0.3, 0.4) is 0 Å². The zero-order valence-electron chi connectivity index (χ0n) is 10.9. The van der Waals surface area contributed by atoms with Crippen LogP contribution in [0.1, 0.15) is 20.8 Å². The Kier molecular flexibility index (Phi) is 5.30. The summed E-state index contributed by atoms with van der Waals surface area (Å²) in [6, 6.07) is 6.08. The standard InChI is InChI=1S/C13H20N2O3/c1-9(2)8-14-13(17)15-10(3)18-12-6-4-11(16)5-7-12/h4-7,9-10,16H,8H2,1-3H3,(H2,14,15,17). The summed E-state index contributed by atoms with van der Waals surface area (Å²) in [5, 5.41) is 14.5. The molecule has 18 heavy (non-hydrogen) atoms. The molecule has 100 valence electrons. The van der Waals surface area contributed by atoms with Crippen LogP contribution in [-0.4, -0.2) is 23.9 Å². The molecule has 0 aliphatic rings. The first kappa shape index (κ1) is 14.2. The van der Waals surface area contributed by atoms with E-state index in [0.717, 1.165) is 0 Å². The van der Waals surface area contributed by atoms with Crippen molar-refractivity contribution in [2.75, 3.05) is 6.54 Å². The lowest BCUT2D eigenvalue weighted by atomic mass is 10.2. The van der Waals surface area contributed by atoms with E-state index >= 15 is 0 Å².